The molecule has 7 heteroatoms. The van der Waals surface area contributed by atoms with Gasteiger partial charge in [0.25, 0.3) is 5.91 Å². The highest BCUT2D eigenvalue weighted by Crippen LogP contribution is 2.22. The molecule has 1 fully saturated rings. The molecule has 29 heavy (non-hydrogen) atoms. The second-order valence-electron chi connectivity index (χ2n) is 7.05. The lowest BCUT2D eigenvalue weighted by Gasteiger charge is -2.35. The van der Waals surface area contributed by atoms with E-state index in [4.69, 9.17) is 16.3 Å². The average Bonchev–Trinajstić information content (AvgIpc) is 3.22. The molecule has 0 aliphatic carbocycles. The zero-order valence-corrected chi connectivity index (χ0v) is 17.0. The Kier molecular flexibility index (Phi) is 5.71. The van der Waals surface area contributed by atoms with Crippen LogP contribution >= 0.6 is 11.6 Å². The number of anilines is 1. The minimum Gasteiger partial charge on any atom is -0.484 e. The van der Waals surface area contributed by atoms with Crippen molar-refractivity contribution >= 4 is 23.5 Å². The number of amides is 1. The summed E-state index contributed by atoms with van der Waals surface area (Å²) in [6.45, 7) is 4.76. The van der Waals surface area contributed by atoms with Gasteiger partial charge in [-0.3, -0.25) is 9.36 Å². The van der Waals surface area contributed by atoms with Gasteiger partial charge in [0.2, 0.25) is 5.95 Å². The summed E-state index contributed by atoms with van der Waals surface area (Å²) in [6.07, 6.45) is 3.71. The van der Waals surface area contributed by atoms with Crippen molar-refractivity contribution in [3.05, 3.63) is 71.5 Å². The molecule has 0 unspecified atom stereocenters. The van der Waals surface area contributed by atoms with Crippen LogP contribution in [0.1, 0.15) is 5.56 Å². The molecular formula is C22H23ClN4O2. The van der Waals surface area contributed by atoms with E-state index >= 15 is 0 Å². The Hall–Kier alpha value is -2.99. The summed E-state index contributed by atoms with van der Waals surface area (Å²) >= 11 is 6.13. The minimum absolute atomic E-state index is 0.00402. The quantitative estimate of drug-likeness (QED) is 0.645. The first-order valence-corrected chi connectivity index (χ1v) is 9.99. The smallest absolute Gasteiger partial charge is 0.260 e. The summed E-state index contributed by atoms with van der Waals surface area (Å²) < 4.78 is 7.67. The molecule has 2 heterocycles. The number of hydrogen-bond donors (Lipinski definition) is 0. The van der Waals surface area contributed by atoms with Gasteiger partial charge < -0.3 is 14.5 Å². The van der Waals surface area contributed by atoms with E-state index in [1.54, 1.807) is 6.20 Å². The SMILES string of the molecule is Cc1cccc(OCC(=O)N2CCN(c3nccn3-c3cccc(Cl)c3)CC2)c1. The number of nitrogens with zero attached hydrogens (tertiary/aromatic N) is 4. The topological polar surface area (TPSA) is 50.6 Å². The lowest BCUT2D eigenvalue weighted by atomic mass is 10.2. The third-order valence-corrected chi connectivity index (χ3v) is 5.21. The number of benzene rings is 2. The highest BCUT2D eigenvalue weighted by atomic mass is 35.5. The molecule has 1 amide bonds. The number of imidazole rings is 1. The van der Waals surface area contributed by atoms with Gasteiger partial charge in [0, 0.05) is 49.3 Å². The number of hydrogen-bond acceptors (Lipinski definition) is 4. The standard InChI is InChI=1S/C22H23ClN4O2/c1-17-4-2-7-20(14-17)29-16-21(28)25-10-12-26(13-11-25)22-24-8-9-27(22)19-6-3-5-18(23)15-19/h2-9,14-15H,10-13,16H2,1H3. The molecule has 6 nitrogen and oxygen atoms in total. The predicted molar refractivity (Wildman–Crippen MR) is 114 cm³/mol. The molecule has 4 rings (SSSR count). The molecular weight excluding hydrogens is 388 g/mol. The van der Waals surface area contributed by atoms with Crippen LogP contribution in [0.4, 0.5) is 5.95 Å². The van der Waals surface area contributed by atoms with Gasteiger partial charge in [-0.05, 0) is 42.8 Å². The highest BCUT2D eigenvalue weighted by Gasteiger charge is 2.24. The maximum atomic E-state index is 12.5. The fourth-order valence-electron chi connectivity index (χ4n) is 3.45. The number of rotatable bonds is 5. The van der Waals surface area contributed by atoms with Crippen molar-refractivity contribution in [1.82, 2.24) is 14.5 Å². The van der Waals surface area contributed by atoms with E-state index in [0.717, 1.165) is 22.9 Å². The average molecular weight is 411 g/mol. The van der Waals surface area contributed by atoms with Gasteiger partial charge in [-0.25, -0.2) is 4.98 Å². The number of piperazine rings is 1. The molecule has 0 saturated carbocycles. The van der Waals surface area contributed by atoms with Crippen LogP contribution in [0.5, 0.6) is 5.75 Å². The number of halogens is 1. The predicted octanol–water partition coefficient (Wildman–Crippen LogP) is 3.56. The van der Waals surface area contributed by atoms with Crippen molar-refractivity contribution in [2.75, 3.05) is 37.7 Å². The largest absolute Gasteiger partial charge is 0.484 e. The molecule has 1 aromatic heterocycles. The minimum atomic E-state index is 0.00402. The Morgan fingerprint density at radius 1 is 1.10 bits per heavy atom. The van der Waals surface area contributed by atoms with Crippen molar-refractivity contribution in [1.29, 1.82) is 0 Å². The van der Waals surface area contributed by atoms with Crippen molar-refractivity contribution in [3.63, 3.8) is 0 Å². The summed E-state index contributed by atoms with van der Waals surface area (Å²) in [5.74, 6) is 1.58. The van der Waals surface area contributed by atoms with Crippen molar-refractivity contribution < 1.29 is 9.53 Å². The van der Waals surface area contributed by atoms with Crippen LogP contribution in [0.15, 0.2) is 60.9 Å². The van der Waals surface area contributed by atoms with E-state index in [9.17, 15) is 4.79 Å². The zero-order chi connectivity index (χ0) is 20.2. The van der Waals surface area contributed by atoms with Crippen LogP contribution in [-0.2, 0) is 4.79 Å². The second kappa shape index (κ2) is 8.57. The van der Waals surface area contributed by atoms with Gasteiger partial charge in [-0.1, -0.05) is 29.8 Å². The molecule has 0 spiro atoms. The van der Waals surface area contributed by atoms with Crippen LogP contribution in [0.25, 0.3) is 5.69 Å². The van der Waals surface area contributed by atoms with Crippen LogP contribution in [0.2, 0.25) is 5.02 Å². The van der Waals surface area contributed by atoms with Crippen LogP contribution in [0, 0.1) is 6.92 Å². The Bertz CT molecular complexity index is 996. The first-order chi connectivity index (χ1) is 14.1. The molecule has 0 bridgehead atoms. The summed E-state index contributed by atoms with van der Waals surface area (Å²) in [5, 5.41) is 0.686. The fraction of sp³-hybridized carbons (Fsp3) is 0.273. The van der Waals surface area contributed by atoms with E-state index in [0.29, 0.717) is 31.2 Å². The Labute approximate surface area is 175 Å². The zero-order valence-electron chi connectivity index (χ0n) is 16.3. The molecule has 2 aromatic carbocycles. The lowest BCUT2D eigenvalue weighted by Crippen LogP contribution is -2.50. The van der Waals surface area contributed by atoms with Crippen molar-refractivity contribution in [2.24, 2.45) is 0 Å². The van der Waals surface area contributed by atoms with E-state index in [2.05, 4.69) is 9.88 Å². The maximum Gasteiger partial charge on any atom is 0.260 e. The molecule has 0 N–H and O–H groups in total. The Morgan fingerprint density at radius 2 is 1.90 bits per heavy atom. The fourth-order valence-corrected chi connectivity index (χ4v) is 3.64. The van der Waals surface area contributed by atoms with E-state index in [1.807, 2.05) is 71.1 Å². The van der Waals surface area contributed by atoms with Gasteiger partial charge in [-0.2, -0.15) is 0 Å². The second-order valence-corrected chi connectivity index (χ2v) is 7.49. The van der Waals surface area contributed by atoms with E-state index < -0.39 is 0 Å². The van der Waals surface area contributed by atoms with Gasteiger partial charge in [0.05, 0.1) is 0 Å². The van der Waals surface area contributed by atoms with E-state index in [-0.39, 0.29) is 12.5 Å². The van der Waals surface area contributed by atoms with Crippen molar-refractivity contribution in [3.8, 4) is 11.4 Å². The number of carbonyl (C=O) groups is 1. The molecule has 3 aromatic rings. The molecule has 150 valence electrons. The van der Waals surface area contributed by atoms with Crippen LogP contribution in [-0.4, -0.2) is 53.1 Å². The third-order valence-electron chi connectivity index (χ3n) is 4.97. The Balaban J connectivity index is 1.35. The number of aryl methyl sites for hydroxylation is 1. The monoisotopic (exact) mass is 410 g/mol. The van der Waals surface area contributed by atoms with Gasteiger partial charge in [0.1, 0.15) is 5.75 Å². The normalized spacial score (nSPS) is 14.1. The summed E-state index contributed by atoms with van der Waals surface area (Å²) in [7, 11) is 0. The van der Waals surface area contributed by atoms with Gasteiger partial charge in [-0.15, -0.1) is 0 Å². The summed E-state index contributed by atoms with van der Waals surface area (Å²) in [5.41, 5.74) is 2.08. The number of aromatic nitrogens is 2. The molecule has 1 aliphatic heterocycles. The van der Waals surface area contributed by atoms with E-state index in [1.165, 1.54) is 0 Å². The Morgan fingerprint density at radius 3 is 2.66 bits per heavy atom. The van der Waals surface area contributed by atoms with Crippen LogP contribution in [0.3, 0.4) is 0 Å². The van der Waals surface area contributed by atoms with Crippen molar-refractivity contribution in [2.45, 2.75) is 6.92 Å². The summed E-state index contributed by atoms with van der Waals surface area (Å²) in [4.78, 5) is 21.1. The molecule has 1 saturated heterocycles. The molecule has 0 radical (unpaired) electrons. The maximum absolute atomic E-state index is 12.5. The first-order valence-electron chi connectivity index (χ1n) is 9.61. The third kappa shape index (κ3) is 4.54. The van der Waals surface area contributed by atoms with Gasteiger partial charge in [0.15, 0.2) is 6.61 Å². The number of ether oxygens (including phenoxy) is 1. The lowest BCUT2D eigenvalue weighted by molar-refractivity contribution is -0.133. The van der Waals surface area contributed by atoms with Gasteiger partial charge >= 0.3 is 0 Å². The first kappa shape index (κ1) is 19.3. The van der Waals surface area contributed by atoms with Crippen LogP contribution < -0.4 is 9.64 Å². The number of carbonyl (C=O) groups excluding carboxylic acids is 1. The molecule has 1 aliphatic rings. The summed E-state index contributed by atoms with van der Waals surface area (Å²) in [6, 6.07) is 15.4. The highest BCUT2D eigenvalue weighted by molar-refractivity contribution is 6.30. The molecule has 0 atom stereocenters.